The Morgan fingerprint density at radius 3 is 2.77 bits per heavy atom. The van der Waals surface area contributed by atoms with Crippen molar-refractivity contribution in [3.63, 3.8) is 0 Å². The highest BCUT2D eigenvalue weighted by Crippen LogP contribution is 2.27. The smallest absolute Gasteiger partial charge is 0.235 e. The molecular formula is C18H20FN5OS. The van der Waals surface area contributed by atoms with Crippen LogP contribution in [-0.2, 0) is 11.3 Å². The maximum absolute atomic E-state index is 13.2. The largest absolute Gasteiger partial charge is 0.344 e. The second-order valence-electron chi connectivity index (χ2n) is 5.64. The minimum Gasteiger partial charge on any atom is -0.344 e. The molecule has 1 amide bonds. The molecule has 0 bridgehead atoms. The lowest BCUT2D eigenvalue weighted by Gasteiger charge is -2.19. The highest BCUT2D eigenvalue weighted by atomic mass is 32.2. The highest BCUT2D eigenvalue weighted by molar-refractivity contribution is 8.00. The number of allylic oxidation sites excluding steroid dienone is 1. The van der Waals surface area contributed by atoms with Crippen LogP contribution in [-0.4, -0.2) is 44.4 Å². The molecule has 1 aromatic heterocycles. The monoisotopic (exact) mass is 373 g/mol. The Labute approximate surface area is 156 Å². The van der Waals surface area contributed by atoms with E-state index in [1.54, 1.807) is 32.2 Å². The van der Waals surface area contributed by atoms with Crippen LogP contribution in [0.4, 0.5) is 4.39 Å². The number of amides is 1. The number of thioether (sulfide) groups is 1. The summed E-state index contributed by atoms with van der Waals surface area (Å²) in [4.78, 5) is 14.0. The topological polar surface area (TPSA) is 74.8 Å². The zero-order valence-electron chi connectivity index (χ0n) is 14.7. The van der Waals surface area contributed by atoms with Gasteiger partial charge in [0.05, 0.1) is 17.7 Å². The van der Waals surface area contributed by atoms with Crippen LogP contribution in [0.15, 0.2) is 42.1 Å². The van der Waals surface area contributed by atoms with Crippen LogP contribution in [0, 0.1) is 17.1 Å². The summed E-state index contributed by atoms with van der Waals surface area (Å²) in [5.41, 5.74) is 0.734. The zero-order chi connectivity index (χ0) is 19.1. The maximum Gasteiger partial charge on any atom is 0.235 e. The Kier molecular flexibility index (Phi) is 6.92. The molecule has 0 saturated carbocycles. The number of hydrogen-bond acceptors (Lipinski definition) is 5. The van der Waals surface area contributed by atoms with Crippen molar-refractivity contribution in [2.24, 2.45) is 0 Å². The predicted molar refractivity (Wildman–Crippen MR) is 98.8 cm³/mol. The maximum atomic E-state index is 13.2. The molecule has 0 spiro atoms. The third kappa shape index (κ3) is 4.70. The molecule has 0 N–H and O–H groups in total. The van der Waals surface area contributed by atoms with Gasteiger partial charge in [-0.15, -0.1) is 16.8 Å². The van der Waals surface area contributed by atoms with Gasteiger partial charge >= 0.3 is 0 Å². The summed E-state index contributed by atoms with van der Waals surface area (Å²) in [5.74, 6) is 0.185. The van der Waals surface area contributed by atoms with Crippen molar-refractivity contribution < 1.29 is 9.18 Å². The molecule has 1 heterocycles. The fourth-order valence-electron chi connectivity index (χ4n) is 2.33. The predicted octanol–water partition coefficient (Wildman–Crippen LogP) is 3.12. The van der Waals surface area contributed by atoms with Gasteiger partial charge in [0.1, 0.15) is 5.82 Å². The summed E-state index contributed by atoms with van der Waals surface area (Å²) in [5, 5.41) is 17.2. The van der Waals surface area contributed by atoms with E-state index in [9.17, 15) is 9.18 Å². The van der Waals surface area contributed by atoms with Crippen molar-refractivity contribution in [1.29, 1.82) is 5.26 Å². The normalized spacial score (nSPS) is 11.6. The van der Waals surface area contributed by atoms with Crippen molar-refractivity contribution in [2.75, 3.05) is 13.6 Å². The van der Waals surface area contributed by atoms with Gasteiger partial charge in [0, 0.05) is 25.7 Å². The molecule has 26 heavy (non-hydrogen) atoms. The fourth-order valence-corrected chi connectivity index (χ4v) is 3.30. The van der Waals surface area contributed by atoms with Crippen molar-refractivity contribution in [1.82, 2.24) is 19.7 Å². The lowest BCUT2D eigenvalue weighted by atomic mass is 10.2. The SMILES string of the molecule is C=CCn1c(S[C@H](C)C(=O)N(C)CCC#N)nnc1-c1ccc(F)cc1. The van der Waals surface area contributed by atoms with Gasteiger partial charge in [-0.05, 0) is 31.2 Å². The Morgan fingerprint density at radius 1 is 1.46 bits per heavy atom. The number of nitrogens with zero attached hydrogens (tertiary/aromatic N) is 5. The van der Waals surface area contributed by atoms with Gasteiger partial charge < -0.3 is 4.90 Å². The number of hydrogen-bond donors (Lipinski definition) is 0. The molecular weight excluding hydrogens is 353 g/mol. The van der Waals surface area contributed by atoms with Gasteiger partial charge in [-0.1, -0.05) is 17.8 Å². The summed E-state index contributed by atoms with van der Waals surface area (Å²) in [7, 11) is 1.68. The van der Waals surface area contributed by atoms with Crippen LogP contribution in [0.1, 0.15) is 13.3 Å². The van der Waals surface area contributed by atoms with E-state index in [0.29, 0.717) is 30.5 Å². The second kappa shape index (κ2) is 9.15. The average Bonchev–Trinajstić information content (AvgIpc) is 3.02. The molecule has 0 aliphatic rings. The van der Waals surface area contributed by atoms with Crippen LogP contribution in [0.2, 0.25) is 0 Å². The van der Waals surface area contributed by atoms with E-state index in [-0.39, 0.29) is 17.0 Å². The molecule has 1 atom stereocenters. The number of halogens is 1. The van der Waals surface area contributed by atoms with Gasteiger partial charge in [0.25, 0.3) is 0 Å². The van der Waals surface area contributed by atoms with Crippen LogP contribution < -0.4 is 0 Å². The lowest BCUT2D eigenvalue weighted by Crippen LogP contribution is -2.34. The minimum absolute atomic E-state index is 0.0817. The molecule has 136 valence electrons. The standard InChI is InChI=1S/C18H20FN5OS/c1-4-11-24-16(14-6-8-15(19)9-7-14)21-22-18(24)26-13(2)17(25)23(3)12-5-10-20/h4,6-9,13H,1,5,11-12H2,2-3H3/t13-/m1/s1. The number of carbonyl (C=O) groups excluding carboxylic acids is 1. The summed E-state index contributed by atoms with van der Waals surface area (Å²) < 4.78 is 15.0. The van der Waals surface area contributed by atoms with Crippen molar-refractivity contribution >= 4 is 17.7 Å². The first-order valence-corrected chi connectivity index (χ1v) is 8.94. The third-order valence-electron chi connectivity index (χ3n) is 3.70. The number of aromatic nitrogens is 3. The fraction of sp³-hybridized carbons (Fsp3) is 0.333. The Hall–Kier alpha value is -2.66. The molecule has 2 rings (SSSR count). The van der Waals surface area contributed by atoms with Crippen LogP contribution in [0.25, 0.3) is 11.4 Å². The number of rotatable bonds is 8. The van der Waals surface area contributed by atoms with Crippen molar-refractivity contribution in [3.8, 4) is 17.5 Å². The van der Waals surface area contributed by atoms with Crippen LogP contribution >= 0.6 is 11.8 Å². The number of benzene rings is 1. The van der Waals surface area contributed by atoms with E-state index in [2.05, 4.69) is 16.8 Å². The van der Waals surface area contributed by atoms with Gasteiger partial charge in [-0.2, -0.15) is 5.26 Å². The molecule has 0 aliphatic carbocycles. The van der Waals surface area contributed by atoms with E-state index in [4.69, 9.17) is 5.26 Å². The second-order valence-corrected chi connectivity index (χ2v) is 6.95. The van der Waals surface area contributed by atoms with Gasteiger partial charge in [0.15, 0.2) is 11.0 Å². The summed E-state index contributed by atoms with van der Waals surface area (Å²) in [6.07, 6.45) is 2.01. The van der Waals surface area contributed by atoms with E-state index in [1.807, 2.05) is 10.6 Å². The van der Waals surface area contributed by atoms with Crippen molar-refractivity contribution in [3.05, 3.63) is 42.7 Å². The van der Waals surface area contributed by atoms with Crippen LogP contribution in [0.5, 0.6) is 0 Å². The van der Waals surface area contributed by atoms with E-state index in [1.165, 1.54) is 28.8 Å². The number of carbonyl (C=O) groups is 1. The first kappa shape index (κ1) is 19.7. The third-order valence-corrected chi connectivity index (χ3v) is 4.76. The van der Waals surface area contributed by atoms with Gasteiger partial charge in [-0.3, -0.25) is 9.36 Å². The van der Waals surface area contributed by atoms with Crippen LogP contribution in [0.3, 0.4) is 0 Å². The molecule has 1 aromatic carbocycles. The molecule has 6 nitrogen and oxygen atoms in total. The Morgan fingerprint density at radius 2 is 2.15 bits per heavy atom. The van der Waals surface area contributed by atoms with E-state index >= 15 is 0 Å². The van der Waals surface area contributed by atoms with E-state index < -0.39 is 0 Å². The lowest BCUT2D eigenvalue weighted by molar-refractivity contribution is -0.128. The highest BCUT2D eigenvalue weighted by Gasteiger charge is 2.22. The van der Waals surface area contributed by atoms with Gasteiger partial charge in [0.2, 0.25) is 5.91 Å². The molecule has 0 fully saturated rings. The van der Waals surface area contributed by atoms with E-state index in [0.717, 1.165) is 5.56 Å². The first-order chi connectivity index (χ1) is 12.5. The molecule has 2 aromatic rings. The average molecular weight is 373 g/mol. The number of nitriles is 1. The molecule has 8 heteroatoms. The molecule has 0 aliphatic heterocycles. The Bertz CT molecular complexity index is 812. The summed E-state index contributed by atoms with van der Waals surface area (Å²) in [6, 6.07) is 8.03. The summed E-state index contributed by atoms with van der Waals surface area (Å²) in [6.45, 7) is 6.40. The first-order valence-electron chi connectivity index (χ1n) is 8.06. The molecule has 0 radical (unpaired) electrons. The van der Waals surface area contributed by atoms with Crippen molar-refractivity contribution in [2.45, 2.75) is 30.3 Å². The quantitative estimate of drug-likeness (QED) is 0.525. The zero-order valence-corrected chi connectivity index (χ0v) is 15.5. The minimum atomic E-state index is -0.382. The molecule has 0 saturated heterocycles. The summed E-state index contributed by atoms with van der Waals surface area (Å²) >= 11 is 1.29. The van der Waals surface area contributed by atoms with Gasteiger partial charge in [-0.25, -0.2) is 4.39 Å². The molecule has 0 unspecified atom stereocenters. The Balaban J connectivity index is 2.21.